The molecule has 150 valence electrons. The van der Waals surface area contributed by atoms with Crippen LogP contribution in [0, 0.1) is 20.8 Å². The highest BCUT2D eigenvalue weighted by Crippen LogP contribution is 2.29. The van der Waals surface area contributed by atoms with Gasteiger partial charge in [-0.05, 0) is 44.0 Å². The normalized spacial score (nSPS) is 10.8. The van der Waals surface area contributed by atoms with Gasteiger partial charge in [0.1, 0.15) is 17.1 Å². The minimum atomic E-state index is -0.193. The van der Waals surface area contributed by atoms with Crippen molar-refractivity contribution in [1.29, 1.82) is 0 Å². The van der Waals surface area contributed by atoms with E-state index in [1.165, 1.54) is 0 Å². The molecule has 4 rings (SSSR count). The Morgan fingerprint density at radius 2 is 1.73 bits per heavy atom. The third kappa shape index (κ3) is 3.96. The molecule has 0 bridgehead atoms. The third-order valence-corrected chi connectivity index (χ3v) is 4.84. The summed E-state index contributed by atoms with van der Waals surface area (Å²) in [7, 11) is 0. The van der Waals surface area contributed by atoms with Crippen LogP contribution in [0.15, 0.2) is 59.5 Å². The van der Waals surface area contributed by atoms with Crippen molar-refractivity contribution in [3.8, 4) is 22.4 Å². The van der Waals surface area contributed by atoms with E-state index in [4.69, 9.17) is 4.52 Å². The Bertz CT molecular complexity index is 1160. The number of nitrogens with zero attached hydrogens (tertiary/aromatic N) is 4. The molecule has 7 nitrogen and oxygen atoms in total. The van der Waals surface area contributed by atoms with Gasteiger partial charge in [0.25, 0.3) is 5.91 Å². The number of amides is 1. The maximum absolute atomic E-state index is 12.4. The highest BCUT2D eigenvalue weighted by Gasteiger charge is 2.17. The summed E-state index contributed by atoms with van der Waals surface area (Å²) in [5, 5.41) is 6.74. The fourth-order valence-corrected chi connectivity index (χ4v) is 3.29. The molecule has 0 radical (unpaired) electrons. The predicted molar refractivity (Wildman–Crippen MR) is 113 cm³/mol. The molecule has 0 aliphatic heterocycles. The number of hydrogen-bond acceptors (Lipinski definition) is 6. The third-order valence-electron chi connectivity index (χ3n) is 4.84. The molecule has 1 amide bonds. The Labute approximate surface area is 174 Å². The number of pyridine rings is 1. The molecule has 0 spiro atoms. The summed E-state index contributed by atoms with van der Waals surface area (Å²) in [5.74, 6) is 1.03. The van der Waals surface area contributed by atoms with E-state index in [0.29, 0.717) is 29.4 Å². The minimum Gasteiger partial charge on any atom is -0.361 e. The molecule has 0 aliphatic carbocycles. The number of hydrogen-bond donors (Lipinski definition) is 1. The molecular weight excluding hydrogens is 378 g/mol. The lowest BCUT2D eigenvalue weighted by molar-refractivity contribution is 0.0949. The van der Waals surface area contributed by atoms with Crippen molar-refractivity contribution in [3.05, 3.63) is 83.4 Å². The van der Waals surface area contributed by atoms with Crippen LogP contribution in [0.2, 0.25) is 0 Å². The van der Waals surface area contributed by atoms with Crippen molar-refractivity contribution in [2.24, 2.45) is 0 Å². The van der Waals surface area contributed by atoms with Gasteiger partial charge in [0.15, 0.2) is 0 Å². The van der Waals surface area contributed by atoms with Crippen molar-refractivity contribution in [2.75, 3.05) is 0 Å². The number of aryl methyl sites for hydroxylation is 3. The topological polar surface area (TPSA) is 93.8 Å². The van der Waals surface area contributed by atoms with Crippen molar-refractivity contribution in [1.82, 2.24) is 25.4 Å². The Hall–Kier alpha value is -3.87. The van der Waals surface area contributed by atoms with Gasteiger partial charge in [-0.15, -0.1) is 0 Å². The maximum Gasteiger partial charge on any atom is 0.257 e. The van der Waals surface area contributed by atoms with Crippen LogP contribution in [0.25, 0.3) is 22.4 Å². The Kier molecular flexibility index (Phi) is 5.34. The van der Waals surface area contributed by atoms with E-state index >= 15 is 0 Å². The SMILES string of the molecule is Cc1ncc(-c2ccncc2)c(-c2ccc(CNC(=O)c3c(C)noc3C)cc2)n1. The number of carbonyl (C=O) groups is 1. The first kappa shape index (κ1) is 19.4. The molecule has 1 N–H and O–H groups in total. The number of aromatic nitrogens is 4. The monoisotopic (exact) mass is 399 g/mol. The summed E-state index contributed by atoms with van der Waals surface area (Å²) >= 11 is 0. The molecule has 0 saturated carbocycles. The molecule has 0 fully saturated rings. The van der Waals surface area contributed by atoms with Crippen LogP contribution >= 0.6 is 0 Å². The van der Waals surface area contributed by atoms with Crippen molar-refractivity contribution < 1.29 is 9.32 Å². The van der Waals surface area contributed by atoms with Gasteiger partial charge in [-0.25, -0.2) is 9.97 Å². The largest absolute Gasteiger partial charge is 0.361 e. The Balaban J connectivity index is 1.55. The Morgan fingerprint density at radius 1 is 1.00 bits per heavy atom. The van der Waals surface area contributed by atoms with E-state index in [2.05, 4.69) is 25.4 Å². The average Bonchev–Trinajstić information content (AvgIpc) is 3.11. The van der Waals surface area contributed by atoms with Gasteiger partial charge in [-0.3, -0.25) is 9.78 Å². The summed E-state index contributed by atoms with van der Waals surface area (Å²) in [6.45, 7) is 5.76. The van der Waals surface area contributed by atoms with Crippen molar-refractivity contribution in [2.45, 2.75) is 27.3 Å². The molecule has 0 saturated heterocycles. The Morgan fingerprint density at radius 3 is 2.40 bits per heavy atom. The highest BCUT2D eigenvalue weighted by atomic mass is 16.5. The molecule has 0 atom stereocenters. The molecule has 7 heteroatoms. The van der Waals surface area contributed by atoms with Crippen LogP contribution in [-0.2, 0) is 6.54 Å². The van der Waals surface area contributed by atoms with Gasteiger partial charge in [0, 0.05) is 36.3 Å². The molecule has 0 unspecified atom stereocenters. The quantitative estimate of drug-likeness (QED) is 0.544. The molecular formula is C23H21N5O2. The van der Waals surface area contributed by atoms with E-state index in [1.807, 2.05) is 49.5 Å². The second-order valence-electron chi connectivity index (χ2n) is 6.99. The van der Waals surface area contributed by atoms with Crippen LogP contribution in [0.3, 0.4) is 0 Å². The van der Waals surface area contributed by atoms with Crippen molar-refractivity contribution in [3.63, 3.8) is 0 Å². The fraction of sp³-hybridized carbons (Fsp3) is 0.174. The number of nitrogens with one attached hydrogen (secondary N) is 1. The smallest absolute Gasteiger partial charge is 0.257 e. The molecule has 1 aromatic carbocycles. The standard InChI is InChI=1S/C23H21N5O2/c1-14-21(15(2)30-28-14)23(29)26-12-17-4-6-19(7-5-17)22-20(13-25-16(3)27-22)18-8-10-24-11-9-18/h4-11,13H,12H2,1-3H3,(H,26,29). The van der Waals surface area contributed by atoms with Crippen LogP contribution in [0.1, 0.15) is 33.2 Å². The average molecular weight is 399 g/mol. The molecule has 0 aliphatic rings. The van der Waals surface area contributed by atoms with E-state index in [0.717, 1.165) is 27.9 Å². The summed E-state index contributed by atoms with van der Waals surface area (Å²) < 4.78 is 5.06. The lowest BCUT2D eigenvalue weighted by atomic mass is 10.0. The zero-order valence-electron chi connectivity index (χ0n) is 17.0. The molecule has 30 heavy (non-hydrogen) atoms. The van der Waals surface area contributed by atoms with Gasteiger partial charge >= 0.3 is 0 Å². The lowest BCUT2D eigenvalue weighted by Crippen LogP contribution is -2.23. The van der Waals surface area contributed by atoms with Gasteiger partial charge in [-0.1, -0.05) is 29.4 Å². The summed E-state index contributed by atoms with van der Waals surface area (Å²) in [6.07, 6.45) is 5.35. The van der Waals surface area contributed by atoms with Crippen LogP contribution in [-0.4, -0.2) is 26.0 Å². The highest BCUT2D eigenvalue weighted by molar-refractivity contribution is 5.96. The second-order valence-corrected chi connectivity index (χ2v) is 6.99. The van der Waals surface area contributed by atoms with Crippen LogP contribution in [0.4, 0.5) is 0 Å². The van der Waals surface area contributed by atoms with Gasteiger partial charge in [-0.2, -0.15) is 0 Å². The first-order valence-corrected chi connectivity index (χ1v) is 9.57. The van der Waals surface area contributed by atoms with E-state index in [1.54, 1.807) is 26.2 Å². The molecule has 3 heterocycles. The van der Waals surface area contributed by atoms with E-state index in [-0.39, 0.29) is 5.91 Å². The van der Waals surface area contributed by atoms with E-state index < -0.39 is 0 Å². The molecule has 4 aromatic rings. The van der Waals surface area contributed by atoms with Crippen LogP contribution in [0.5, 0.6) is 0 Å². The van der Waals surface area contributed by atoms with E-state index in [9.17, 15) is 4.79 Å². The number of rotatable bonds is 5. The second kappa shape index (κ2) is 8.24. The fourth-order valence-electron chi connectivity index (χ4n) is 3.29. The first-order valence-electron chi connectivity index (χ1n) is 9.57. The zero-order valence-corrected chi connectivity index (χ0v) is 17.0. The lowest BCUT2D eigenvalue weighted by Gasteiger charge is -2.11. The minimum absolute atomic E-state index is 0.193. The number of benzene rings is 1. The molecule has 3 aromatic heterocycles. The number of carbonyl (C=O) groups excluding carboxylic acids is 1. The van der Waals surface area contributed by atoms with Gasteiger partial charge in [0.05, 0.1) is 11.4 Å². The summed E-state index contributed by atoms with van der Waals surface area (Å²) in [6, 6.07) is 11.9. The maximum atomic E-state index is 12.4. The van der Waals surface area contributed by atoms with Crippen LogP contribution < -0.4 is 5.32 Å². The summed E-state index contributed by atoms with van der Waals surface area (Å²) in [5.41, 5.74) is 5.86. The van der Waals surface area contributed by atoms with Crippen molar-refractivity contribution >= 4 is 5.91 Å². The summed E-state index contributed by atoms with van der Waals surface area (Å²) in [4.78, 5) is 25.5. The van der Waals surface area contributed by atoms with Gasteiger partial charge < -0.3 is 9.84 Å². The first-order chi connectivity index (χ1) is 14.5. The zero-order chi connectivity index (χ0) is 21.1. The van der Waals surface area contributed by atoms with Gasteiger partial charge in [0.2, 0.25) is 0 Å². The predicted octanol–water partition coefficient (Wildman–Crippen LogP) is 4.05.